The highest BCUT2D eigenvalue weighted by Gasteiger charge is 2.26. The topological polar surface area (TPSA) is 57.7 Å². The molecule has 0 N–H and O–H groups in total. The second-order valence-electron chi connectivity index (χ2n) is 5.91. The molecule has 0 radical (unpaired) electrons. The normalized spacial score (nSPS) is 16.7. The Hall–Kier alpha value is -1.56. The summed E-state index contributed by atoms with van der Waals surface area (Å²) in [5.41, 5.74) is 1.15. The fourth-order valence-corrected chi connectivity index (χ4v) is 3.35. The van der Waals surface area contributed by atoms with Gasteiger partial charge in [0.1, 0.15) is 5.75 Å². The highest BCUT2D eigenvalue weighted by atomic mass is 32.2. The average Bonchev–Trinajstić information content (AvgIpc) is 2.73. The van der Waals surface area contributed by atoms with Crippen molar-refractivity contribution in [2.45, 2.75) is 25.5 Å². The van der Waals surface area contributed by atoms with Crippen LogP contribution in [0.15, 0.2) is 30.3 Å². The van der Waals surface area contributed by atoms with Crippen LogP contribution in [0.2, 0.25) is 0 Å². The first kappa shape index (κ1) is 16.8. The van der Waals surface area contributed by atoms with Crippen LogP contribution in [0.5, 0.6) is 0 Å². The Bertz CT molecular complexity index is 599. The van der Waals surface area contributed by atoms with Crippen molar-refractivity contribution in [3.63, 3.8) is 0 Å². The van der Waals surface area contributed by atoms with E-state index in [9.17, 15) is 13.2 Å². The van der Waals surface area contributed by atoms with E-state index in [1.807, 2.05) is 18.2 Å². The number of rotatable bonds is 4. The third-order valence-corrected chi connectivity index (χ3v) is 6.10. The van der Waals surface area contributed by atoms with Gasteiger partial charge in [-0.05, 0) is 32.4 Å². The fourth-order valence-electron chi connectivity index (χ4n) is 2.49. The van der Waals surface area contributed by atoms with Gasteiger partial charge in [-0.1, -0.05) is 18.2 Å². The number of benzene rings is 1. The van der Waals surface area contributed by atoms with Gasteiger partial charge in [-0.2, -0.15) is 0 Å². The van der Waals surface area contributed by atoms with Crippen molar-refractivity contribution in [1.82, 2.24) is 4.90 Å². The highest BCUT2D eigenvalue weighted by Crippen LogP contribution is 2.16. The van der Waals surface area contributed by atoms with E-state index in [4.69, 9.17) is 0 Å². The summed E-state index contributed by atoms with van der Waals surface area (Å²) in [5.74, 6) is -0.653. The van der Waals surface area contributed by atoms with Crippen LogP contribution >= 0.6 is 0 Å². The number of para-hydroxylation sites is 1. The third-order valence-electron chi connectivity index (χ3n) is 4.01. The van der Waals surface area contributed by atoms with Gasteiger partial charge >= 0.3 is 0 Å². The predicted molar refractivity (Wildman–Crippen MR) is 88.8 cm³/mol. The lowest BCUT2D eigenvalue weighted by Gasteiger charge is -2.24. The van der Waals surface area contributed by atoms with Crippen molar-refractivity contribution in [1.29, 1.82) is 0 Å². The van der Waals surface area contributed by atoms with Crippen molar-refractivity contribution < 1.29 is 13.2 Å². The van der Waals surface area contributed by atoms with Crippen LogP contribution in [0, 0.1) is 0 Å². The molecule has 6 heteroatoms. The molecule has 1 aliphatic heterocycles. The highest BCUT2D eigenvalue weighted by molar-refractivity contribution is 7.92. The maximum atomic E-state index is 12.2. The molecule has 1 aromatic rings. The summed E-state index contributed by atoms with van der Waals surface area (Å²) >= 11 is 0. The molecule has 0 aliphatic carbocycles. The lowest BCUT2D eigenvalue weighted by molar-refractivity contribution is -0.128. The summed E-state index contributed by atoms with van der Waals surface area (Å²) < 4.78 is 23.8. The smallest absolute Gasteiger partial charge is 0.237 e. The van der Waals surface area contributed by atoms with E-state index in [-0.39, 0.29) is 11.7 Å². The Labute approximate surface area is 132 Å². The molecule has 1 amide bonds. The first-order valence-electron chi connectivity index (χ1n) is 7.69. The Balaban J connectivity index is 1.97. The molecule has 1 aromatic carbocycles. The van der Waals surface area contributed by atoms with Crippen LogP contribution in [-0.2, 0) is 14.6 Å². The molecule has 0 aromatic heterocycles. The Morgan fingerprint density at radius 1 is 1.09 bits per heavy atom. The summed E-state index contributed by atoms with van der Waals surface area (Å²) in [6.07, 6.45) is 0.850. The number of amides is 1. The van der Waals surface area contributed by atoms with E-state index < -0.39 is 15.1 Å². The van der Waals surface area contributed by atoms with Crippen molar-refractivity contribution in [2.75, 3.05) is 36.8 Å². The van der Waals surface area contributed by atoms with E-state index in [0.717, 1.165) is 25.2 Å². The van der Waals surface area contributed by atoms with Gasteiger partial charge in [-0.3, -0.25) is 4.79 Å². The van der Waals surface area contributed by atoms with Crippen molar-refractivity contribution >= 4 is 21.4 Å². The minimum absolute atomic E-state index is 0.274. The lowest BCUT2D eigenvalue weighted by atomic mass is 10.3. The van der Waals surface area contributed by atoms with Crippen molar-refractivity contribution in [3.05, 3.63) is 30.3 Å². The Morgan fingerprint density at radius 2 is 1.77 bits per heavy atom. The molecule has 0 saturated carbocycles. The van der Waals surface area contributed by atoms with E-state index >= 15 is 0 Å². The zero-order valence-electron chi connectivity index (χ0n) is 13.2. The van der Waals surface area contributed by atoms with Crippen LogP contribution < -0.4 is 4.90 Å². The van der Waals surface area contributed by atoms with Gasteiger partial charge in [-0.15, -0.1) is 0 Å². The number of carbonyl (C=O) groups excluding carboxylic acids is 1. The zero-order chi connectivity index (χ0) is 16.2. The second kappa shape index (κ2) is 7.13. The largest absolute Gasteiger partial charge is 0.370 e. The number of anilines is 1. The number of hydrogen-bond donors (Lipinski definition) is 0. The van der Waals surface area contributed by atoms with Gasteiger partial charge < -0.3 is 9.80 Å². The third kappa shape index (κ3) is 4.22. The predicted octanol–water partition coefficient (Wildman–Crippen LogP) is 1.55. The van der Waals surface area contributed by atoms with Gasteiger partial charge in [0.25, 0.3) is 0 Å². The van der Waals surface area contributed by atoms with Crippen molar-refractivity contribution in [2.24, 2.45) is 0 Å². The van der Waals surface area contributed by atoms with E-state index in [0.29, 0.717) is 13.1 Å². The van der Waals surface area contributed by atoms with Crippen molar-refractivity contribution in [3.8, 4) is 0 Å². The second-order valence-corrected chi connectivity index (χ2v) is 8.47. The van der Waals surface area contributed by atoms with E-state index in [1.165, 1.54) is 0 Å². The summed E-state index contributed by atoms with van der Waals surface area (Å²) in [4.78, 5) is 16.2. The molecule has 0 spiro atoms. The molecule has 5 nitrogen and oxygen atoms in total. The van der Waals surface area contributed by atoms with Gasteiger partial charge in [0.05, 0.1) is 5.25 Å². The first-order valence-corrected chi connectivity index (χ1v) is 9.41. The quantitative estimate of drug-likeness (QED) is 0.843. The number of nitrogens with zero attached hydrogens (tertiary/aromatic N) is 2. The SMILES string of the molecule is CC(C)S(=O)(=O)CC(=O)N1CCCN(c2ccccc2)CC1. The molecule has 122 valence electrons. The first-order chi connectivity index (χ1) is 10.4. The molecule has 0 bridgehead atoms. The van der Waals surface area contributed by atoms with Gasteiger partial charge in [0.2, 0.25) is 5.91 Å². The minimum Gasteiger partial charge on any atom is -0.370 e. The van der Waals surface area contributed by atoms with Crippen LogP contribution in [0.25, 0.3) is 0 Å². The molecule has 0 unspecified atom stereocenters. The average molecular weight is 324 g/mol. The van der Waals surface area contributed by atoms with Crippen LogP contribution in [0.4, 0.5) is 5.69 Å². The van der Waals surface area contributed by atoms with Gasteiger partial charge in [0.15, 0.2) is 9.84 Å². The fraction of sp³-hybridized carbons (Fsp3) is 0.562. The monoisotopic (exact) mass is 324 g/mol. The molecular formula is C16H24N2O3S. The molecule has 1 fully saturated rings. The van der Waals surface area contributed by atoms with Gasteiger partial charge in [0, 0.05) is 31.9 Å². The van der Waals surface area contributed by atoms with Gasteiger partial charge in [-0.25, -0.2) is 8.42 Å². The molecule has 2 rings (SSSR count). The van der Waals surface area contributed by atoms with E-state index in [1.54, 1.807) is 18.7 Å². The maximum absolute atomic E-state index is 12.2. The molecule has 1 saturated heterocycles. The number of hydrogen-bond acceptors (Lipinski definition) is 4. The zero-order valence-corrected chi connectivity index (χ0v) is 14.1. The summed E-state index contributed by atoms with van der Waals surface area (Å²) in [6, 6.07) is 10.1. The standard InChI is InChI=1S/C16H24N2O3S/c1-14(2)22(20,21)13-16(19)18-10-6-9-17(11-12-18)15-7-4-3-5-8-15/h3-5,7-8,14H,6,9-13H2,1-2H3. The summed E-state index contributed by atoms with van der Waals surface area (Å²) in [7, 11) is -3.33. The number of sulfone groups is 1. The molecule has 22 heavy (non-hydrogen) atoms. The maximum Gasteiger partial charge on any atom is 0.237 e. The van der Waals surface area contributed by atoms with E-state index in [2.05, 4.69) is 17.0 Å². The van der Waals surface area contributed by atoms with Crippen LogP contribution in [0.3, 0.4) is 0 Å². The summed E-state index contributed by atoms with van der Waals surface area (Å²) in [5, 5.41) is -0.510. The minimum atomic E-state index is -3.33. The molecule has 1 heterocycles. The molecule has 0 atom stereocenters. The van der Waals surface area contributed by atoms with Crippen LogP contribution in [-0.4, -0.2) is 56.4 Å². The Morgan fingerprint density at radius 3 is 2.41 bits per heavy atom. The van der Waals surface area contributed by atoms with Crippen LogP contribution in [0.1, 0.15) is 20.3 Å². The number of carbonyl (C=O) groups is 1. The summed E-state index contributed by atoms with van der Waals surface area (Å²) in [6.45, 7) is 6.03. The lowest BCUT2D eigenvalue weighted by Crippen LogP contribution is -2.39. The molecular weight excluding hydrogens is 300 g/mol. The molecule has 1 aliphatic rings. The Kier molecular flexibility index (Phi) is 5.45.